The number of hydrogen-bond donors (Lipinski definition) is 0. The third-order valence-corrected chi connectivity index (χ3v) is 7.06. The van der Waals surface area contributed by atoms with E-state index in [2.05, 4.69) is 112 Å². The number of nitrogens with zero attached hydrogens (tertiary/aromatic N) is 2. The molecule has 0 aliphatic carbocycles. The molecule has 1 aliphatic rings. The molecule has 0 N–H and O–H groups in total. The van der Waals surface area contributed by atoms with Crippen molar-refractivity contribution in [3.05, 3.63) is 95.4 Å². The molecule has 1 fully saturated rings. The van der Waals surface area contributed by atoms with Crippen LogP contribution in [0, 0.1) is 6.42 Å². The predicted molar refractivity (Wildman–Crippen MR) is 181 cm³/mol. The molecule has 3 nitrogen and oxygen atoms in total. The van der Waals surface area contributed by atoms with Crippen LogP contribution in [-0.2, 0) is 21.8 Å². The van der Waals surface area contributed by atoms with E-state index in [1.165, 1.54) is 35.1 Å². The largest absolute Gasteiger partial charge is 2.00 e. The Morgan fingerprint density at radius 2 is 0.952 bits per heavy atom. The molecule has 0 atom stereocenters. The molecule has 0 unspecified atom stereocenters. The first-order valence-corrected chi connectivity index (χ1v) is 15.5. The van der Waals surface area contributed by atoms with Crippen LogP contribution in [0.3, 0.4) is 0 Å². The van der Waals surface area contributed by atoms with Crippen molar-refractivity contribution in [3.8, 4) is 0 Å². The molecule has 0 spiro atoms. The van der Waals surface area contributed by atoms with Gasteiger partial charge < -0.3 is 11.2 Å². The average molecular weight is 610 g/mol. The van der Waals surface area contributed by atoms with Gasteiger partial charge in [0.15, 0.2) is 0 Å². The van der Waals surface area contributed by atoms with Gasteiger partial charge in [-0.1, -0.05) is 106 Å². The number of para-hydroxylation sites is 2. The molecule has 0 saturated carbocycles. The molecular formula is C38H54MnN2O. The monoisotopic (exact) mass is 609 g/mol. The number of ether oxygens (including phenoxy) is 1. The number of benzene rings is 2. The molecule has 1 saturated heterocycles. The normalized spacial score (nSPS) is 13.5. The minimum atomic E-state index is 0. The maximum atomic E-state index is 5.08. The van der Waals surface area contributed by atoms with Crippen LogP contribution in [0.5, 0.6) is 0 Å². The third kappa shape index (κ3) is 12.4. The summed E-state index contributed by atoms with van der Waals surface area (Å²) in [5.41, 5.74) is 9.45. The van der Waals surface area contributed by atoms with Gasteiger partial charge in [-0.25, -0.2) is 12.1 Å². The van der Waals surface area contributed by atoms with Crippen LogP contribution >= 0.6 is 0 Å². The van der Waals surface area contributed by atoms with E-state index in [4.69, 9.17) is 14.7 Å². The SMILES string of the molecule is C1CCOC1.CC([CH-]C(C)=Nc1c(C(C)C)cccc1C(C)C)=Nc1c(C(C)C)cccc1C(C)C.[Mn+2].c1cc[cH-]c1. The van der Waals surface area contributed by atoms with Gasteiger partial charge in [0.05, 0.1) is 11.4 Å². The second kappa shape index (κ2) is 19.6. The van der Waals surface area contributed by atoms with Gasteiger partial charge in [-0.05, 0) is 58.8 Å². The summed E-state index contributed by atoms with van der Waals surface area (Å²) in [6.07, 6.45) is 4.67. The fraction of sp³-hybridized carbons (Fsp3) is 0.474. The average Bonchev–Trinajstić information content (AvgIpc) is 3.68. The number of aliphatic imine (C=N–C) groups is 2. The van der Waals surface area contributed by atoms with Crippen LogP contribution in [0.4, 0.5) is 11.4 Å². The van der Waals surface area contributed by atoms with E-state index in [1.54, 1.807) is 0 Å². The molecule has 0 aromatic heterocycles. The van der Waals surface area contributed by atoms with E-state index in [0.717, 1.165) is 36.0 Å². The van der Waals surface area contributed by atoms with Crippen molar-refractivity contribution in [1.82, 2.24) is 0 Å². The molecule has 4 heteroatoms. The first-order chi connectivity index (χ1) is 19.5. The van der Waals surface area contributed by atoms with Crippen molar-refractivity contribution in [2.24, 2.45) is 9.98 Å². The molecule has 0 bridgehead atoms. The molecule has 229 valence electrons. The summed E-state index contributed by atoms with van der Waals surface area (Å²) in [4.78, 5) is 10.2. The number of rotatable bonds is 8. The standard InChI is InChI=1S/C29H41N2.C5H5.C4H8O.Mn/c1-18(2)24-13-11-14-25(19(3)4)28(24)30-22(9)17-23(10)31-29-26(20(5)6)15-12-16-27(29)21(7)8;2*1-2-4-5-3-1;/h11-21H,1-10H3;1-5H;1-4H2;/q2*-1;;+2. The van der Waals surface area contributed by atoms with Crippen LogP contribution < -0.4 is 0 Å². The summed E-state index contributed by atoms with van der Waals surface area (Å²) in [6.45, 7) is 24.1. The quantitative estimate of drug-likeness (QED) is 0.142. The van der Waals surface area contributed by atoms with E-state index >= 15 is 0 Å². The molecule has 3 aromatic carbocycles. The van der Waals surface area contributed by atoms with Crippen molar-refractivity contribution >= 4 is 22.8 Å². The maximum absolute atomic E-state index is 5.08. The van der Waals surface area contributed by atoms with Crippen LogP contribution in [0.25, 0.3) is 0 Å². The first-order valence-electron chi connectivity index (χ1n) is 15.5. The predicted octanol–water partition coefficient (Wildman–Crippen LogP) is 11.5. The van der Waals surface area contributed by atoms with E-state index in [9.17, 15) is 0 Å². The summed E-state index contributed by atoms with van der Waals surface area (Å²) >= 11 is 0. The van der Waals surface area contributed by atoms with Crippen molar-refractivity contribution in [1.29, 1.82) is 0 Å². The fourth-order valence-corrected chi connectivity index (χ4v) is 4.83. The van der Waals surface area contributed by atoms with Crippen molar-refractivity contribution in [2.75, 3.05) is 13.2 Å². The third-order valence-electron chi connectivity index (χ3n) is 7.06. The van der Waals surface area contributed by atoms with Crippen LogP contribution in [0.15, 0.2) is 76.7 Å². The van der Waals surface area contributed by atoms with E-state index in [1.807, 2.05) is 30.3 Å². The summed E-state index contributed by atoms with van der Waals surface area (Å²) in [5.74, 6) is 1.75. The van der Waals surface area contributed by atoms with Gasteiger partial charge in [-0.15, -0.1) is 11.4 Å². The Hall–Kier alpha value is -2.52. The van der Waals surface area contributed by atoms with Crippen LogP contribution in [-0.4, -0.2) is 24.6 Å². The first kappa shape index (κ1) is 37.5. The number of hydrogen-bond acceptors (Lipinski definition) is 3. The van der Waals surface area contributed by atoms with E-state index in [0.29, 0.717) is 23.7 Å². The van der Waals surface area contributed by atoms with Crippen molar-refractivity contribution in [2.45, 2.75) is 106 Å². The Kier molecular flexibility index (Phi) is 17.5. The minimum Gasteiger partial charge on any atom is -0.381 e. The van der Waals surface area contributed by atoms with Crippen molar-refractivity contribution in [3.63, 3.8) is 0 Å². The Bertz CT molecular complexity index is 1060. The van der Waals surface area contributed by atoms with Crippen molar-refractivity contribution < 1.29 is 21.8 Å². The Labute approximate surface area is 268 Å². The topological polar surface area (TPSA) is 34.0 Å². The molecule has 3 aromatic rings. The smallest absolute Gasteiger partial charge is 0.381 e. The van der Waals surface area contributed by atoms with Crippen LogP contribution in [0.2, 0.25) is 0 Å². The van der Waals surface area contributed by atoms with Gasteiger partial charge in [0.2, 0.25) is 0 Å². The van der Waals surface area contributed by atoms with Gasteiger partial charge in [-0.3, -0.25) is 9.98 Å². The molecule has 1 aliphatic heterocycles. The van der Waals surface area contributed by atoms with Gasteiger partial charge in [0.1, 0.15) is 0 Å². The van der Waals surface area contributed by atoms with Gasteiger partial charge in [0.25, 0.3) is 0 Å². The summed E-state index contributed by atoms with van der Waals surface area (Å²) in [7, 11) is 0. The molecule has 4 rings (SSSR count). The molecule has 42 heavy (non-hydrogen) atoms. The van der Waals surface area contributed by atoms with Crippen LogP contribution in [0.1, 0.15) is 128 Å². The maximum Gasteiger partial charge on any atom is 2.00 e. The van der Waals surface area contributed by atoms with E-state index < -0.39 is 0 Å². The zero-order valence-electron chi connectivity index (χ0n) is 27.7. The second-order valence-corrected chi connectivity index (χ2v) is 12.1. The minimum absolute atomic E-state index is 0. The van der Waals surface area contributed by atoms with Gasteiger partial charge in [-0.2, -0.15) is 18.2 Å². The summed E-state index contributed by atoms with van der Waals surface area (Å²) in [6, 6.07) is 23.1. The summed E-state index contributed by atoms with van der Waals surface area (Å²) in [5, 5.41) is 0. The zero-order valence-corrected chi connectivity index (χ0v) is 28.9. The second-order valence-electron chi connectivity index (χ2n) is 12.1. The zero-order chi connectivity index (χ0) is 30.4. The Balaban J connectivity index is 0.000000668. The fourth-order valence-electron chi connectivity index (χ4n) is 4.83. The Morgan fingerprint density at radius 3 is 1.17 bits per heavy atom. The molecule has 1 radical (unpaired) electrons. The Morgan fingerprint density at radius 1 is 0.619 bits per heavy atom. The van der Waals surface area contributed by atoms with Gasteiger partial charge >= 0.3 is 17.1 Å². The molecule has 0 amide bonds. The molecular weight excluding hydrogens is 555 g/mol. The van der Waals surface area contributed by atoms with E-state index in [-0.39, 0.29) is 17.1 Å². The van der Waals surface area contributed by atoms with Gasteiger partial charge in [0, 0.05) is 13.2 Å². The summed E-state index contributed by atoms with van der Waals surface area (Å²) < 4.78 is 4.94. The molecule has 1 heterocycles.